The van der Waals surface area contributed by atoms with E-state index in [1.54, 1.807) is 6.07 Å². The Morgan fingerprint density at radius 1 is 1.11 bits per heavy atom. The largest absolute Gasteiger partial charge is 0.493 e. The van der Waals surface area contributed by atoms with Crippen LogP contribution in [0.25, 0.3) is 0 Å². The average molecular weight is 358 g/mol. The molecule has 0 fully saturated rings. The summed E-state index contributed by atoms with van der Waals surface area (Å²) in [6, 6.07) is 11.8. The first-order valence-corrected chi connectivity index (χ1v) is 7.67. The van der Waals surface area contributed by atoms with Crippen molar-refractivity contribution in [3.05, 3.63) is 63.1 Å². The number of ether oxygens (including phenoxy) is 1. The van der Waals surface area contributed by atoms with E-state index < -0.39 is 0 Å². The quantitative estimate of drug-likeness (QED) is 0.652. The van der Waals surface area contributed by atoms with Crippen LogP contribution < -0.4 is 4.74 Å². The van der Waals surface area contributed by atoms with Crippen LogP contribution in [-0.2, 0) is 6.42 Å². The minimum atomic E-state index is 0.0585. The van der Waals surface area contributed by atoms with Gasteiger partial charge in [-0.2, -0.15) is 0 Å². The van der Waals surface area contributed by atoms with Crippen molar-refractivity contribution in [3.63, 3.8) is 0 Å². The first-order valence-electron chi connectivity index (χ1n) is 6.00. The number of fused-ring (bicyclic) bond motifs is 1. The second-order valence-electron chi connectivity index (χ2n) is 4.49. The van der Waals surface area contributed by atoms with Gasteiger partial charge in [0.2, 0.25) is 0 Å². The highest BCUT2D eigenvalue weighted by molar-refractivity contribution is 9.09. The molecule has 0 amide bonds. The summed E-state index contributed by atoms with van der Waals surface area (Å²) < 4.78 is 5.52. The van der Waals surface area contributed by atoms with Gasteiger partial charge >= 0.3 is 0 Å². The number of hydrogen-bond donors (Lipinski definition) is 0. The molecule has 0 saturated heterocycles. The number of alkyl halides is 1. The van der Waals surface area contributed by atoms with Gasteiger partial charge in [-0.25, -0.2) is 0 Å². The zero-order valence-electron chi connectivity index (χ0n) is 10.00. The van der Waals surface area contributed by atoms with E-state index in [0.29, 0.717) is 10.0 Å². The Bertz CT molecular complexity index is 628. The first-order chi connectivity index (χ1) is 9.15. The lowest BCUT2D eigenvalue weighted by atomic mass is 10.0. The van der Waals surface area contributed by atoms with E-state index in [1.807, 2.05) is 18.2 Å². The summed E-state index contributed by atoms with van der Waals surface area (Å²) in [5, 5.41) is 1.32. The van der Waals surface area contributed by atoms with E-state index in [2.05, 4.69) is 28.1 Å². The second-order valence-corrected chi connectivity index (χ2v) is 6.25. The maximum atomic E-state index is 6.25. The standard InChI is InChI=1S/C15H11BrCl2O/c16-15(12-3-2-11(17)8-13(12)18)10-1-4-14-9(7-10)5-6-19-14/h1-4,7-8,15H,5-6H2. The molecular formula is C15H11BrCl2O. The SMILES string of the molecule is Clc1ccc(C(Br)c2ccc3c(c2)CCO3)c(Cl)c1. The van der Waals surface area contributed by atoms with Gasteiger partial charge in [-0.1, -0.05) is 57.3 Å². The van der Waals surface area contributed by atoms with Crippen molar-refractivity contribution in [2.24, 2.45) is 0 Å². The molecule has 0 radical (unpaired) electrons. The Hall–Kier alpha value is -0.700. The zero-order chi connectivity index (χ0) is 13.4. The maximum absolute atomic E-state index is 6.25. The lowest BCUT2D eigenvalue weighted by molar-refractivity contribution is 0.357. The fraction of sp³-hybridized carbons (Fsp3) is 0.200. The van der Waals surface area contributed by atoms with Crippen LogP contribution in [0.1, 0.15) is 21.5 Å². The molecule has 1 atom stereocenters. The van der Waals surface area contributed by atoms with E-state index in [9.17, 15) is 0 Å². The van der Waals surface area contributed by atoms with Gasteiger partial charge in [0.1, 0.15) is 5.75 Å². The van der Waals surface area contributed by atoms with Crippen LogP contribution in [0.4, 0.5) is 0 Å². The van der Waals surface area contributed by atoms with Crippen molar-refractivity contribution in [1.82, 2.24) is 0 Å². The summed E-state index contributed by atoms with van der Waals surface area (Å²) in [4.78, 5) is 0.0585. The molecule has 1 heterocycles. The van der Waals surface area contributed by atoms with Gasteiger partial charge in [0.15, 0.2) is 0 Å². The molecule has 1 aliphatic rings. The molecule has 19 heavy (non-hydrogen) atoms. The predicted octanol–water partition coefficient (Wildman–Crippen LogP) is 5.41. The van der Waals surface area contributed by atoms with Crippen molar-refractivity contribution < 1.29 is 4.74 Å². The monoisotopic (exact) mass is 356 g/mol. The molecule has 0 bridgehead atoms. The number of benzene rings is 2. The van der Waals surface area contributed by atoms with Gasteiger partial charge in [-0.3, -0.25) is 0 Å². The molecule has 2 aromatic carbocycles. The highest BCUT2D eigenvalue weighted by Crippen LogP contribution is 2.38. The Kier molecular flexibility index (Phi) is 3.75. The van der Waals surface area contributed by atoms with Crippen LogP contribution in [0, 0.1) is 0 Å². The maximum Gasteiger partial charge on any atom is 0.122 e. The summed E-state index contributed by atoms with van der Waals surface area (Å²) in [6.45, 7) is 0.771. The van der Waals surface area contributed by atoms with Crippen LogP contribution in [-0.4, -0.2) is 6.61 Å². The lowest BCUT2D eigenvalue weighted by Crippen LogP contribution is -1.94. The minimum absolute atomic E-state index is 0.0585. The predicted molar refractivity (Wildman–Crippen MR) is 82.9 cm³/mol. The molecule has 3 rings (SSSR count). The highest BCUT2D eigenvalue weighted by Gasteiger charge is 2.18. The van der Waals surface area contributed by atoms with E-state index in [4.69, 9.17) is 27.9 Å². The molecular weight excluding hydrogens is 347 g/mol. The van der Waals surface area contributed by atoms with Gasteiger partial charge in [-0.15, -0.1) is 0 Å². The van der Waals surface area contributed by atoms with Gasteiger partial charge in [0, 0.05) is 16.5 Å². The van der Waals surface area contributed by atoms with Crippen LogP contribution in [0.5, 0.6) is 5.75 Å². The molecule has 1 unspecified atom stereocenters. The van der Waals surface area contributed by atoms with E-state index in [0.717, 1.165) is 24.3 Å². The molecule has 0 N–H and O–H groups in total. The average Bonchev–Trinajstić information content (AvgIpc) is 2.85. The smallest absolute Gasteiger partial charge is 0.122 e. The molecule has 98 valence electrons. The van der Waals surface area contributed by atoms with Crippen LogP contribution in [0.15, 0.2) is 36.4 Å². The first kappa shape index (κ1) is 13.3. The normalized spacial score (nSPS) is 14.9. The van der Waals surface area contributed by atoms with Gasteiger partial charge < -0.3 is 4.74 Å². The summed E-state index contributed by atoms with van der Waals surface area (Å²) in [5.74, 6) is 0.991. The summed E-state index contributed by atoms with van der Waals surface area (Å²) in [7, 11) is 0. The molecule has 0 aliphatic carbocycles. The molecule has 0 aromatic heterocycles. The van der Waals surface area contributed by atoms with Crippen molar-refractivity contribution in [3.8, 4) is 5.75 Å². The third-order valence-corrected chi connectivity index (χ3v) is 4.83. The molecule has 0 spiro atoms. The van der Waals surface area contributed by atoms with E-state index in [1.165, 1.54) is 11.1 Å². The fourth-order valence-electron chi connectivity index (χ4n) is 2.25. The Morgan fingerprint density at radius 3 is 2.74 bits per heavy atom. The van der Waals surface area contributed by atoms with Gasteiger partial charge in [0.25, 0.3) is 0 Å². The molecule has 2 aromatic rings. The highest BCUT2D eigenvalue weighted by atomic mass is 79.9. The number of halogens is 3. The molecule has 1 nitrogen and oxygen atoms in total. The summed E-state index contributed by atoms with van der Waals surface area (Å²) in [5.41, 5.74) is 3.45. The Balaban J connectivity index is 1.97. The molecule has 1 aliphatic heterocycles. The minimum Gasteiger partial charge on any atom is -0.493 e. The van der Waals surface area contributed by atoms with Crippen molar-refractivity contribution in [2.75, 3.05) is 6.61 Å². The molecule has 4 heteroatoms. The fourth-order valence-corrected chi connectivity index (χ4v) is 3.58. The summed E-state index contributed by atoms with van der Waals surface area (Å²) in [6.07, 6.45) is 0.969. The van der Waals surface area contributed by atoms with Crippen molar-refractivity contribution in [2.45, 2.75) is 11.2 Å². The van der Waals surface area contributed by atoms with Gasteiger partial charge in [-0.05, 0) is 34.9 Å². The van der Waals surface area contributed by atoms with Gasteiger partial charge in [0.05, 0.1) is 11.4 Å². The third kappa shape index (κ3) is 2.62. The van der Waals surface area contributed by atoms with Crippen molar-refractivity contribution in [1.29, 1.82) is 0 Å². The summed E-state index contributed by atoms with van der Waals surface area (Å²) >= 11 is 15.9. The van der Waals surface area contributed by atoms with Crippen LogP contribution >= 0.6 is 39.1 Å². The lowest BCUT2D eigenvalue weighted by Gasteiger charge is -2.14. The Labute approximate surface area is 130 Å². The topological polar surface area (TPSA) is 9.23 Å². The van der Waals surface area contributed by atoms with Crippen LogP contribution in [0.3, 0.4) is 0 Å². The van der Waals surface area contributed by atoms with Crippen LogP contribution in [0.2, 0.25) is 10.0 Å². The third-order valence-electron chi connectivity index (χ3n) is 3.24. The number of rotatable bonds is 2. The van der Waals surface area contributed by atoms with E-state index in [-0.39, 0.29) is 4.83 Å². The second kappa shape index (κ2) is 5.35. The van der Waals surface area contributed by atoms with Crippen molar-refractivity contribution >= 4 is 39.1 Å². The molecule has 0 saturated carbocycles. The Morgan fingerprint density at radius 2 is 1.95 bits per heavy atom. The van der Waals surface area contributed by atoms with E-state index >= 15 is 0 Å². The zero-order valence-corrected chi connectivity index (χ0v) is 13.1. The number of hydrogen-bond acceptors (Lipinski definition) is 1.